The van der Waals surface area contributed by atoms with Crippen LogP contribution in [0.2, 0.25) is 0 Å². The number of ether oxygens (including phenoxy) is 2. The van der Waals surface area contributed by atoms with E-state index in [-0.39, 0.29) is 9.90 Å². The average molecular weight is 294 g/mol. The summed E-state index contributed by atoms with van der Waals surface area (Å²) in [6.45, 7) is -0.530. The van der Waals surface area contributed by atoms with Crippen LogP contribution in [0.4, 0.5) is 0 Å². The third-order valence-corrected chi connectivity index (χ3v) is 4.56. The second-order valence-corrected chi connectivity index (χ2v) is 5.70. The third kappa shape index (κ3) is 3.24. The summed E-state index contributed by atoms with van der Waals surface area (Å²) in [5.41, 5.74) is 0.874. The van der Waals surface area contributed by atoms with Gasteiger partial charge in [-0.15, -0.1) is 11.3 Å². The van der Waals surface area contributed by atoms with Gasteiger partial charge < -0.3 is 9.47 Å². The Labute approximate surface area is 107 Å². The topological polar surface area (TPSA) is 112 Å². The molecule has 0 aliphatic heterocycles. The van der Waals surface area contributed by atoms with Crippen LogP contribution in [0.15, 0.2) is 9.72 Å². The lowest BCUT2D eigenvalue weighted by atomic mass is 10.5. The highest BCUT2D eigenvalue weighted by atomic mass is 32.2. The van der Waals surface area contributed by atoms with Crippen LogP contribution in [0.25, 0.3) is 0 Å². The number of rotatable bonds is 5. The molecule has 0 aliphatic rings. The molecule has 1 aromatic rings. The summed E-state index contributed by atoms with van der Waals surface area (Å²) < 4.78 is 34.0. The largest absolute Gasteiger partial charge is 0.468 e. The van der Waals surface area contributed by atoms with E-state index in [1.165, 1.54) is 5.51 Å². The van der Waals surface area contributed by atoms with E-state index in [4.69, 9.17) is 0 Å². The van der Waals surface area contributed by atoms with Gasteiger partial charge in [0.05, 0.1) is 19.7 Å². The number of sulfonamides is 1. The molecule has 18 heavy (non-hydrogen) atoms. The Hall–Kier alpha value is -1.52. The van der Waals surface area contributed by atoms with Crippen molar-refractivity contribution < 1.29 is 27.5 Å². The molecule has 1 heterocycles. The van der Waals surface area contributed by atoms with Crippen molar-refractivity contribution in [2.24, 2.45) is 0 Å². The summed E-state index contributed by atoms with van der Waals surface area (Å²) >= 11 is 0.745. The lowest BCUT2D eigenvalue weighted by Gasteiger charge is -2.04. The maximum atomic E-state index is 11.8. The molecule has 1 rings (SSSR count). The van der Waals surface area contributed by atoms with Gasteiger partial charge in [0.1, 0.15) is 6.54 Å². The van der Waals surface area contributed by atoms with Gasteiger partial charge in [-0.3, -0.25) is 4.79 Å². The van der Waals surface area contributed by atoms with E-state index in [0.717, 1.165) is 25.6 Å². The first kappa shape index (κ1) is 14.5. The maximum absolute atomic E-state index is 11.8. The molecule has 0 fully saturated rings. The van der Waals surface area contributed by atoms with E-state index < -0.39 is 28.5 Å². The zero-order valence-electron chi connectivity index (χ0n) is 9.50. The molecule has 100 valence electrons. The molecule has 0 spiro atoms. The van der Waals surface area contributed by atoms with Gasteiger partial charge in [0.15, 0.2) is 9.90 Å². The van der Waals surface area contributed by atoms with Gasteiger partial charge in [-0.05, 0) is 0 Å². The molecule has 0 saturated heterocycles. The number of methoxy groups -OCH3 is 2. The Morgan fingerprint density at radius 1 is 1.39 bits per heavy atom. The first-order valence-corrected chi connectivity index (χ1v) is 6.87. The highest BCUT2D eigenvalue weighted by Gasteiger charge is 2.26. The second-order valence-electron chi connectivity index (χ2n) is 2.88. The number of aromatic nitrogens is 1. The molecule has 1 N–H and O–H groups in total. The summed E-state index contributed by atoms with van der Waals surface area (Å²) in [5.74, 6) is -1.61. The monoisotopic (exact) mass is 294 g/mol. The van der Waals surface area contributed by atoms with E-state index in [1.807, 2.05) is 4.72 Å². The number of carbonyl (C=O) groups excluding carboxylic acids is 2. The molecular formula is C8H10N2O6S2. The van der Waals surface area contributed by atoms with Crippen molar-refractivity contribution in [3.05, 3.63) is 11.2 Å². The molecule has 10 heteroatoms. The van der Waals surface area contributed by atoms with Gasteiger partial charge in [-0.25, -0.2) is 18.2 Å². The van der Waals surface area contributed by atoms with Crippen molar-refractivity contribution in [2.75, 3.05) is 20.8 Å². The zero-order chi connectivity index (χ0) is 13.8. The molecule has 0 unspecified atom stereocenters. The molecule has 0 aromatic carbocycles. The van der Waals surface area contributed by atoms with E-state index in [1.54, 1.807) is 0 Å². The minimum atomic E-state index is -4.00. The Morgan fingerprint density at radius 3 is 2.61 bits per heavy atom. The Balaban J connectivity index is 2.95. The Morgan fingerprint density at radius 2 is 2.06 bits per heavy atom. The standard InChI is InChI=1S/C8H10N2O6S2/c1-15-5(11)3-10-18(13,14)8-6(7(12)16-2)9-4-17-8/h4,10H,3H2,1-2H3. The minimum absolute atomic E-state index is 0.307. The summed E-state index contributed by atoms with van der Waals surface area (Å²) in [7, 11) is -1.76. The van der Waals surface area contributed by atoms with Crippen LogP contribution in [0.5, 0.6) is 0 Å². The Bertz CT molecular complexity index is 550. The molecule has 0 saturated carbocycles. The average Bonchev–Trinajstić information content (AvgIpc) is 2.85. The molecule has 0 amide bonds. The first-order chi connectivity index (χ1) is 8.42. The van der Waals surface area contributed by atoms with Crippen LogP contribution in [0.3, 0.4) is 0 Å². The van der Waals surface area contributed by atoms with Gasteiger partial charge in [0.25, 0.3) is 10.0 Å². The molecule has 8 nitrogen and oxygen atoms in total. The van der Waals surface area contributed by atoms with Crippen LogP contribution in [0.1, 0.15) is 10.5 Å². The lowest BCUT2D eigenvalue weighted by molar-refractivity contribution is -0.139. The summed E-state index contributed by atoms with van der Waals surface area (Å²) in [6.07, 6.45) is 0. The van der Waals surface area contributed by atoms with Crippen LogP contribution in [-0.4, -0.2) is 46.1 Å². The number of esters is 2. The predicted molar refractivity (Wildman–Crippen MR) is 60.7 cm³/mol. The Kier molecular flexibility index (Phi) is 4.76. The fourth-order valence-corrected chi connectivity index (χ4v) is 3.09. The number of carbonyl (C=O) groups is 2. The number of hydrogen-bond donors (Lipinski definition) is 1. The van der Waals surface area contributed by atoms with Crippen molar-refractivity contribution in [3.63, 3.8) is 0 Å². The van der Waals surface area contributed by atoms with Crippen LogP contribution in [0, 0.1) is 0 Å². The fourth-order valence-electron chi connectivity index (χ4n) is 0.950. The third-order valence-electron chi connectivity index (χ3n) is 1.79. The van der Waals surface area contributed by atoms with Crippen molar-refractivity contribution in [3.8, 4) is 0 Å². The van der Waals surface area contributed by atoms with Crippen LogP contribution in [-0.2, 0) is 24.3 Å². The summed E-state index contributed by atoms with van der Waals surface area (Å²) in [5, 5.41) is 0. The van der Waals surface area contributed by atoms with Gasteiger partial charge in [-0.1, -0.05) is 0 Å². The smallest absolute Gasteiger partial charge is 0.358 e. The first-order valence-electron chi connectivity index (χ1n) is 4.50. The predicted octanol–water partition coefficient (Wildman–Crippen LogP) is -0.619. The molecular weight excluding hydrogens is 284 g/mol. The lowest BCUT2D eigenvalue weighted by Crippen LogP contribution is -2.30. The van der Waals surface area contributed by atoms with Crippen molar-refractivity contribution in [1.82, 2.24) is 9.71 Å². The van der Waals surface area contributed by atoms with Crippen LogP contribution >= 0.6 is 11.3 Å². The quantitative estimate of drug-likeness (QED) is 0.720. The SMILES string of the molecule is COC(=O)CNS(=O)(=O)c1scnc1C(=O)OC. The second kappa shape index (κ2) is 5.89. The molecule has 1 aromatic heterocycles. The summed E-state index contributed by atoms with van der Waals surface area (Å²) in [6, 6.07) is 0. The number of hydrogen-bond acceptors (Lipinski definition) is 8. The van der Waals surface area contributed by atoms with E-state index >= 15 is 0 Å². The highest BCUT2D eigenvalue weighted by molar-refractivity contribution is 7.91. The highest BCUT2D eigenvalue weighted by Crippen LogP contribution is 2.20. The summed E-state index contributed by atoms with van der Waals surface area (Å²) in [4.78, 5) is 25.7. The fraction of sp³-hybridized carbons (Fsp3) is 0.375. The normalized spacial score (nSPS) is 11.0. The van der Waals surface area contributed by atoms with Crippen molar-refractivity contribution >= 4 is 33.3 Å². The number of thiazole rings is 1. The molecule has 0 bridgehead atoms. The van der Waals surface area contributed by atoms with E-state index in [2.05, 4.69) is 14.5 Å². The maximum Gasteiger partial charge on any atom is 0.358 e. The van der Waals surface area contributed by atoms with E-state index in [0.29, 0.717) is 0 Å². The van der Waals surface area contributed by atoms with Gasteiger partial charge in [0, 0.05) is 0 Å². The van der Waals surface area contributed by atoms with Crippen molar-refractivity contribution in [2.45, 2.75) is 4.21 Å². The number of nitrogens with zero attached hydrogens (tertiary/aromatic N) is 1. The van der Waals surface area contributed by atoms with Crippen LogP contribution < -0.4 is 4.72 Å². The number of nitrogens with one attached hydrogen (secondary N) is 1. The molecule has 0 radical (unpaired) electrons. The zero-order valence-corrected chi connectivity index (χ0v) is 11.1. The molecule has 0 aliphatic carbocycles. The minimum Gasteiger partial charge on any atom is -0.468 e. The van der Waals surface area contributed by atoms with Crippen molar-refractivity contribution in [1.29, 1.82) is 0 Å². The van der Waals surface area contributed by atoms with Gasteiger partial charge >= 0.3 is 11.9 Å². The molecule has 0 atom stereocenters. The van der Waals surface area contributed by atoms with Gasteiger partial charge in [-0.2, -0.15) is 4.72 Å². The van der Waals surface area contributed by atoms with E-state index in [9.17, 15) is 18.0 Å². The van der Waals surface area contributed by atoms with Gasteiger partial charge in [0.2, 0.25) is 0 Å².